The highest BCUT2D eigenvalue weighted by Crippen LogP contribution is 2.32. The molecule has 1 saturated heterocycles. The Balaban J connectivity index is 2.13. The summed E-state index contributed by atoms with van der Waals surface area (Å²) >= 11 is 0. The van der Waals surface area contributed by atoms with Crippen molar-refractivity contribution in [1.82, 2.24) is 14.7 Å². The van der Waals surface area contributed by atoms with Crippen molar-refractivity contribution in [2.75, 3.05) is 19.6 Å². The molecule has 90 valence electrons. The summed E-state index contributed by atoms with van der Waals surface area (Å²) in [7, 11) is 1.89. The lowest BCUT2D eigenvalue weighted by atomic mass is 9.89. The largest absolute Gasteiger partial charge is 0.385 e. The van der Waals surface area contributed by atoms with Gasteiger partial charge in [0, 0.05) is 25.4 Å². The van der Waals surface area contributed by atoms with Crippen LogP contribution in [0.4, 0.5) is 0 Å². The minimum atomic E-state index is -0.668. The van der Waals surface area contributed by atoms with Gasteiger partial charge in [0.05, 0.1) is 11.8 Å². The lowest BCUT2D eigenvalue weighted by molar-refractivity contribution is 0.0213. The van der Waals surface area contributed by atoms with Gasteiger partial charge in [-0.1, -0.05) is 6.92 Å². The van der Waals surface area contributed by atoms with Gasteiger partial charge in [-0.3, -0.25) is 4.68 Å². The summed E-state index contributed by atoms with van der Waals surface area (Å²) in [6, 6.07) is 0. The van der Waals surface area contributed by atoms with E-state index in [-0.39, 0.29) is 0 Å². The Kier molecular flexibility index (Phi) is 3.30. The molecule has 0 aromatic carbocycles. The van der Waals surface area contributed by atoms with Gasteiger partial charge < -0.3 is 10.0 Å². The first-order valence-corrected chi connectivity index (χ1v) is 6.08. The topological polar surface area (TPSA) is 41.3 Å². The smallest absolute Gasteiger partial charge is 0.0939 e. The molecule has 1 unspecified atom stereocenters. The molecule has 1 aromatic rings. The first-order chi connectivity index (χ1) is 7.64. The monoisotopic (exact) mass is 223 g/mol. The second-order valence-electron chi connectivity index (χ2n) is 4.72. The van der Waals surface area contributed by atoms with Gasteiger partial charge in [0.1, 0.15) is 0 Å². The fraction of sp³-hybridized carbons (Fsp3) is 0.750. The molecule has 1 fully saturated rings. The molecule has 16 heavy (non-hydrogen) atoms. The van der Waals surface area contributed by atoms with Crippen molar-refractivity contribution in [3.05, 3.63) is 18.0 Å². The van der Waals surface area contributed by atoms with E-state index in [0.29, 0.717) is 0 Å². The predicted octanol–water partition coefficient (Wildman–Crippen LogP) is 1.11. The lowest BCUT2D eigenvalue weighted by Gasteiger charge is -2.25. The van der Waals surface area contributed by atoms with E-state index in [0.717, 1.165) is 44.5 Å². The van der Waals surface area contributed by atoms with Crippen molar-refractivity contribution < 1.29 is 5.11 Å². The fourth-order valence-corrected chi connectivity index (χ4v) is 2.44. The number of rotatable bonds is 2. The van der Waals surface area contributed by atoms with Gasteiger partial charge >= 0.3 is 0 Å². The van der Waals surface area contributed by atoms with E-state index in [4.69, 9.17) is 0 Å². The Morgan fingerprint density at radius 1 is 1.44 bits per heavy atom. The SMILES string of the molecule is CCN1CCCC(O)(c2cnn(C)c2)CC1. The van der Waals surface area contributed by atoms with Crippen LogP contribution in [0, 0.1) is 0 Å². The van der Waals surface area contributed by atoms with Gasteiger partial charge in [0.25, 0.3) is 0 Å². The molecule has 1 atom stereocenters. The standard InChI is InChI=1S/C12H21N3O/c1-3-15-7-4-5-12(16,6-8-15)11-9-13-14(2)10-11/h9-10,16H,3-8H2,1-2H3. The van der Waals surface area contributed by atoms with Crippen LogP contribution in [-0.2, 0) is 12.6 Å². The fourth-order valence-electron chi connectivity index (χ4n) is 2.44. The van der Waals surface area contributed by atoms with Crippen molar-refractivity contribution in [2.45, 2.75) is 31.8 Å². The van der Waals surface area contributed by atoms with Crippen LogP contribution in [0.5, 0.6) is 0 Å². The molecule has 2 rings (SSSR count). The maximum atomic E-state index is 10.7. The van der Waals surface area contributed by atoms with Crippen LogP contribution in [0.1, 0.15) is 31.7 Å². The van der Waals surface area contributed by atoms with E-state index in [9.17, 15) is 5.11 Å². The Hall–Kier alpha value is -0.870. The maximum Gasteiger partial charge on any atom is 0.0939 e. The molecule has 0 amide bonds. The third kappa shape index (κ3) is 2.28. The van der Waals surface area contributed by atoms with Crippen molar-refractivity contribution in [2.24, 2.45) is 7.05 Å². The molecule has 0 aliphatic carbocycles. The van der Waals surface area contributed by atoms with Gasteiger partial charge in [-0.25, -0.2) is 0 Å². The molecular weight excluding hydrogens is 202 g/mol. The van der Waals surface area contributed by atoms with Gasteiger partial charge in [0.15, 0.2) is 0 Å². The molecule has 1 aromatic heterocycles. The van der Waals surface area contributed by atoms with Gasteiger partial charge in [-0.15, -0.1) is 0 Å². The van der Waals surface area contributed by atoms with Gasteiger partial charge in [0.2, 0.25) is 0 Å². The third-order valence-corrected chi connectivity index (χ3v) is 3.60. The summed E-state index contributed by atoms with van der Waals surface area (Å²) in [4.78, 5) is 2.40. The summed E-state index contributed by atoms with van der Waals surface area (Å²) in [6.07, 6.45) is 6.43. The van der Waals surface area contributed by atoms with Crippen LogP contribution in [0.25, 0.3) is 0 Å². The maximum absolute atomic E-state index is 10.7. The average molecular weight is 223 g/mol. The molecule has 2 heterocycles. The summed E-state index contributed by atoms with van der Waals surface area (Å²) in [5, 5.41) is 14.8. The van der Waals surface area contributed by atoms with Crippen molar-refractivity contribution >= 4 is 0 Å². The Morgan fingerprint density at radius 2 is 2.25 bits per heavy atom. The van der Waals surface area contributed by atoms with Crippen LogP contribution in [-0.4, -0.2) is 39.4 Å². The van der Waals surface area contributed by atoms with Crippen molar-refractivity contribution in [1.29, 1.82) is 0 Å². The lowest BCUT2D eigenvalue weighted by Crippen LogP contribution is -2.28. The third-order valence-electron chi connectivity index (χ3n) is 3.60. The zero-order valence-corrected chi connectivity index (χ0v) is 10.2. The number of hydrogen-bond donors (Lipinski definition) is 1. The quantitative estimate of drug-likeness (QED) is 0.816. The Morgan fingerprint density at radius 3 is 2.88 bits per heavy atom. The number of likely N-dealkylation sites (tertiary alicyclic amines) is 1. The first-order valence-electron chi connectivity index (χ1n) is 6.08. The zero-order valence-electron chi connectivity index (χ0n) is 10.2. The molecule has 4 nitrogen and oxygen atoms in total. The van der Waals surface area contributed by atoms with Crippen LogP contribution in [0.15, 0.2) is 12.4 Å². The Labute approximate surface area is 96.9 Å². The molecule has 1 aliphatic rings. The van der Waals surface area contributed by atoms with Crippen molar-refractivity contribution in [3.8, 4) is 0 Å². The molecule has 0 bridgehead atoms. The second kappa shape index (κ2) is 4.55. The van der Waals surface area contributed by atoms with Crippen molar-refractivity contribution in [3.63, 3.8) is 0 Å². The van der Waals surface area contributed by atoms with E-state index in [2.05, 4.69) is 16.9 Å². The van der Waals surface area contributed by atoms with E-state index in [1.54, 1.807) is 10.9 Å². The highest BCUT2D eigenvalue weighted by molar-refractivity contribution is 5.15. The number of hydrogen-bond acceptors (Lipinski definition) is 3. The summed E-state index contributed by atoms with van der Waals surface area (Å²) in [5.74, 6) is 0. The van der Waals surface area contributed by atoms with Gasteiger partial charge in [-0.05, 0) is 32.4 Å². The molecule has 1 N–H and O–H groups in total. The van der Waals surface area contributed by atoms with E-state index in [1.165, 1.54) is 0 Å². The number of aromatic nitrogens is 2. The number of nitrogens with zero attached hydrogens (tertiary/aromatic N) is 3. The van der Waals surface area contributed by atoms with Crippen LogP contribution in [0.3, 0.4) is 0 Å². The minimum Gasteiger partial charge on any atom is -0.385 e. The van der Waals surface area contributed by atoms with Crippen LogP contribution >= 0.6 is 0 Å². The number of aryl methyl sites for hydroxylation is 1. The minimum absolute atomic E-state index is 0.668. The molecule has 1 aliphatic heterocycles. The van der Waals surface area contributed by atoms with Crippen LogP contribution in [0.2, 0.25) is 0 Å². The molecule has 0 radical (unpaired) electrons. The molecular formula is C12H21N3O. The van der Waals surface area contributed by atoms with E-state index in [1.807, 2.05) is 13.2 Å². The number of aliphatic hydroxyl groups is 1. The predicted molar refractivity (Wildman–Crippen MR) is 63.1 cm³/mol. The molecule has 0 saturated carbocycles. The van der Waals surface area contributed by atoms with Crippen LogP contribution < -0.4 is 0 Å². The van der Waals surface area contributed by atoms with E-state index < -0.39 is 5.60 Å². The summed E-state index contributed by atoms with van der Waals surface area (Å²) < 4.78 is 1.76. The highest BCUT2D eigenvalue weighted by atomic mass is 16.3. The molecule has 4 heteroatoms. The second-order valence-corrected chi connectivity index (χ2v) is 4.72. The summed E-state index contributed by atoms with van der Waals surface area (Å²) in [5.41, 5.74) is 0.297. The normalized spacial score (nSPS) is 27.9. The highest BCUT2D eigenvalue weighted by Gasteiger charge is 2.32. The Bertz CT molecular complexity index is 350. The van der Waals surface area contributed by atoms with Gasteiger partial charge in [-0.2, -0.15) is 5.10 Å². The zero-order chi connectivity index (χ0) is 11.6. The first kappa shape index (κ1) is 11.6. The average Bonchev–Trinajstić information content (AvgIpc) is 2.61. The van der Waals surface area contributed by atoms with E-state index >= 15 is 0 Å². The summed E-state index contributed by atoms with van der Waals surface area (Å²) in [6.45, 7) is 5.32. The molecule has 0 spiro atoms.